The van der Waals surface area contributed by atoms with E-state index >= 15 is 4.39 Å². The van der Waals surface area contributed by atoms with E-state index < -0.39 is 12.0 Å². The van der Waals surface area contributed by atoms with Crippen molar-refractivity contribution >= 4 is 16.7 Å². The van der Waals surface area contributed by atoms with E-state index in [1.807, 2.05) is 12.1 Å². The van der Waals surface area contributed by atoms with Gasteiger partial charge in [-0.1, -0.05) is 12.1 Å². The molecular weight excluding hydrogens is 500 g/mol. The standard InChI is InChI=1S/C30H35F2N5O2/c1-18-15-33-9-11-37(18)28-23-12-24(32)22(27-21(19-6-7-19)4-2-5-26(27)38)13-25(23)34-29(35-28)39-17-30-8-3-10-36(30)16-20(31)14-30/h2,4-5,12-13,18-20,33,38H,3,6-11,14-17H2,1H3/t18-,20-,30?/m1/s1. The van der Waals surface area contributed by atoms with Crippen LogP contribution in [0.5, 0.6) is 11.8 Å². The van der Waals surface area contributed by atoms with Crippen molar-refractivity contribution in [1.29, 1.82) is 0 Å². The summed E-state index contributed by atoms with van der Waals surface area (Å²) in [5, 5.41) is 14.8. The number of hydrogen-bond acceptors (Lipinski definition) is 7. The zero-order chi connectivity index (χ0) is 26.7. The molecule has 1 aliphatic carbocycles. The Balaban J connectivity index is 1.33. The van der Waals surface area contributed by atoms with E-state index in [1.54, 1.807) is 12.1 Å². The monoisotopic (exact) mass is 535 g/mol. The van der Waals surface area contributed by atoms with E-state index in [-0.39, 0.29) is 23.3 Å². The molecular formula is C30H35F2N5O2. The number of ether oxygens (including phenoxy) is 1. The fourth-order valence-electron chi connectivity index (χ4n) is 6.98. The number of aromatic nitrogens is 2. The third kappa shape index (κ3) is 4.39. The van der Waals surface area contributed by atoms with Crippen molar-refractivity contribution < 1.29 is 18.6 Å². The van der Waals surface area contributed by atoms with Gasteiger partial charge in [0.15, 0.2) is 0 Å². The lowest BCUT2D eigenvalue weighted by Crippen LogP contribution is -2.50. The number of alkyl halides is 1. The summed E-state index contributed by atoms with van der Waals surface area (Å²) in [4.78, 5) is 14.0. The maximum atomic E-state index is 15.9. The SMILES string of the molecule is C[C@@H]1CNCCN1c1nc(OCC23CCCN2C[C@H](F)C3)nc2cc(-c3c(O)cccc3C3CC3)c(F)cc12. The van der Waals surface area contributed by atoms with Crippen LogP contribution in [0.1, 0.15) is 50.5 Å². The van der Waals surface area contributed by atoms with Crippen LogP contribution in [-0.4, -0.2) is 77.1 Å². The van der Waals surface area contributed by atoms with Gasteiger partial charge in [0, 0.05) is 55.2 Å². The highest BCUT2D eigenvalue weighted by atomic mass is 19.1. The number of benzene rings is 2. The van der Waals surface area contributed by atoms with E-state index in [0.717, 1.165) is 57.4 Å². The Labute approximate surface area is 227 Å². The second-order valence-corrected chi connectivity index (χ2v) is 11.8. The number of phenols is 1. The zero-order valence-corrected chi connectivity index (χ0v) is 22.3. The van der Waals surface area contributed by atoms with Gasteiger partial charge in [-0.2, -0.15) is 9.97 Å². The lowest BCUT2D eigenvalue weighted by atomic mass is 9.94. The normalized spacial score (nSPS) is 27.3. The molecule has 3 aromatic rings. The molecule has 206 valence electrons. The van der Waals surface area contributed by atoms with Crippen molar-refractivity contribution in [3.8, 4) is 22.9 Å². The van der Waals surface area contributed by atoms with Crippen molar-refractivity contribution in [2.45, 2.75) is 62.7 Å². The van der Waals surface area contributed by atoms with Crippen molar-refractivity contribution in [3.05, 3.63) is 41.7 Å². The molecule has 9 heteroatoms. The minimum absolute atomic E-state index is 0.0709. The number of piperazine rings is 1. The second kappa shape index (κ2) is 9.55. The van der Waals surface area contributed by atoms with E-state index in [4.69, 9.17) is 14.7 Å². The van der Waals surface area contributed by atoms with E-state index in [0.29, 0.717) is 53.3 Å². The predicted molar refractivity (Wildman–Crippen MR) is 147 cm³/mol. The van der Waals surface area contributed by atoms with Crippen LogP contribution in [0.15, 0.2) is 30.3 Å². The van der Waals surface area contributed by atoms with Crippen LogP contribution >= 0.6 is 0 Å². The van der Waals surface area contributed by atoms with Crippen molar-refractivity contribution in [2.75, 3.05) is 44.2 Å². The summed E-state index contributed by atoms with van der Waals surface area (Å²) in [6, 6.07) is 9.01. The molecule has 1 saturated carbocycles. The molecule has 2 aromatic carbocycles. The van der Waals surface area contributed by atoms with Gasteiger partial charge in [-0.15, -0.1) is 0 Å². The Hall–Kier alpha value is -3.04. The molecule has 1 aromatic heterocycles. The fraction of sp³-hybridized carbons (Fsp3) is 0.533. The molecule has 0 spiro atoms. The minimum Gasteiger partial charge on any atom is -0.507 e. The number of anilines is 1. The van der Waals surface area contributed by atoms with Gasteiger partial charge in [-0.25, -0.2) is 8.78 Å². The molecule has 4 aliphatic rings. The average molecular weight is 536 g/mol. The first-order valence-corrected chi connectivity index (χ1v) is 14.2. The predicted octanol–water partition coefficient (Wildman–Crippen LogP) is 4.77. The van der Waals surface area contributed by atoms with E-state index in [2.05, 4.69) is 22.0 Å². The molecule has 39 heavy (non-hydrogen) atoms. The first-order chi connectivity index (χ1) is 18.9. The molecule has 0 radical (unpaired) electrons. The third-order valence-corrected chi connectivity index (χ3v) is 9.11. The highest BCUT2D eigenvalue weighted by molar-refractivity contribution is 5.94. The van der Waals surface area contributed by atoms with Gasteiger partial charge < -0.3 is 20.1 Å². The van der Waals surface area contributed by atoms with Gasteiger partial charge in [-0.3, -0.25) is 4.90 Å². The largest absolute Gasteiger partial charge is 0.507 e. The van der Waals surface area contributed by atoms with Gasteiger partial charge >= 0.3 is 6.01 Å². The highest BCUT2D eigenvalue weighted by Gasteiger charge is 2.49. The minimum atomic E-state index is -0.839. The molecule has 3 aliphatic heterocycles. The molecule has 3 saturated heterocycles. The molecule has 1 unspecified atom stereocenters. The zero-order valence-electron chi connectivity index (χ0n) is 22.3. The number of fused-ring (bicyclic) bond motifs is 2. The molecule has 2 N–H and O–H groups in total. The van der Waals surface area contributed by atoms with Crippen LogP contribution in [0, 0.1) is 5.82 Å². The van der Waals surface area contributed by atoms with Gasteiger partial charge in [0.1, 0.15) is 30.2 Å². The molecule has 0 bridgehead atoms. The van der Waals surface area contributed by atoms with Crippen LogP contribution in [0.4, 0.5) is 14.6 Å². The van der Waals surface area contributed by atoms with Gasteiger partial charge in [0.25, 0.3) is 0 Å². The number of nitrogens with one attached hydrogen (secondary N) is 1. The average Bonchev–Trinajstić information content (AvgIpc) is 3.62. The van der Waals surface area contributed by atoms with E-state index in [1.165, 1.54) is 6.07 Å². The Morgan fingerprint density at radius 2 is 2.08 bits per heavy atom. The summed E-state index contributed by atoms with van der Waals surface area (Å²) < 4.78 is 36.5. The maximum absolute atomic E-state index is 15.9. The van der Waals surface area contributed by atoms with Crippen LogP contribution in [0.25, 0.3) is 22.0 Å². The third-order valence-electron chi connectivity index (χ3n) is 9.11. The second-order valence-electron chi connectivity index (χ2n) is 11.8. The van der Waals surface area contributed by atoms with Crippen molar-refractivity contribution in [3.63, 3.8) is 0 Å². The van der Waals surface area contributed by atoms with Crippen molar-refractivity contribution in [2.24, 2.45) is 0 Å². The van der Waals surface area contributed by atoms with Gasteiger partial charge in [0.2, 0.25) is 0 Å². The number of rotatable bonds is 6. The summed E-state index contributed by atoms with van der Waals surface area (Å²) in [6.45, 7) is 6.10. The first kappa shape index (κ1) is 25.0. The highest BCUT2D eigenvalue weighted by Crippen LogP contribution is 2.48. The maximum Gasteiger partial charge on any atom is 0.319 e. The molecule has 4 heterocycles. The fourth-order valence-corrected chi connectivity index (χ4v) is 6.98. The lowest BCUT2D eigenvalue weighted by molar-refractivity contribution is 0.107. The van der Waals surface area contributed by atoms with Crippen molar-refractivity contribution in [1.82, 2.24) is 20.2 Å². The summed E-state index contributed by atoms with van der Waals surface area (Å²) in [5.41, 5.74) is 2.10. The summed E-state index contributed by atoms with van der Waals surface area (Å²) in [7, 11) is 0. The summed E-state index contributed by atoms with van der Waals surface area (Å²) in [5.74, 6) is 0.641. The first-order valence-electron chi connectivity index (χ1n) is 14.2. The molecule has 3 atom stereocenters. The number of nitrogens with zero attached hydrogens (tertiary/aromatic N) is 4. The lowest BCUT2D eigenvalue weighted by Gasteiger charge is -2.36. The Bertz CT molecular complexity index is 1420. The number of phenolic OH excluding ortho intramolecular Hbond substituents is 1. The van der Waals surface area contributed by atoms with Crippen LogP contribution in [-0.2, 0) is 0 Å². The van der Waals surface area contributed by atoms with Gasteiger partial charge in [-0.05, 0) is 68.8 Å². The Morgan fingerprint density at radius 1 is 1.21 bits per heavy atom. The number of halogens is 2. The number of aromatic hydroxyl groups is 1. The summed E-state index contributed by atoms with van der Waals surface area (Å²) in [6.07, 6.45) is 3.63. The van der Waals surface area contributed by atoms with Gasteiger partial charge in [0.05, 0.1) is 11.1 Å². The van der Waals surface area contributed by atoms with Crippen LogP contribution < -0.4 is 15.0 Å². The quantitative estimate of drug-likeness (QED) is 0.471. The smallest absolute Gasteiger partial charge is 0.319 e. The summed E-state index contributed by atoms with van der Waals surface area (Å²) >= 11 is 0. The Kier molecular flexibility index (Phi) is 6.12. The number of hydrogen-bond donors (Lipinski definition) is 2. The molecule has 0 amide bonds. The molecule has 7 nitrogen and oxygen atoms in total. The Morgan fingerprint density at radius 3 is 2.90 bits per heavy atom. The topological polar surface area (TPSA) is 73.8 Å². The molecule has 7 rings (SSSR count). The van der Waals surface area contributed by atoms with Crippen LogP contribution in [0.2, 0.25) is 0 Å². The molecule has 4 fully saturated rings. The van der Waals surface area contributed by atoms with E-state index in [9.17, 15) is 9.50 Å². The van der Waals surface area contributed by atoms with Crippen LogP contribution in [0.3, 0.4) is 0 Å².